The van der Waals surface area contributed by atoms with Gasteiger partial charge in [-0.2, -0.15) is 0 Å². The number of rotatable bonds is 2. The molecule has 0 saturated carbocycles. The monoisotopic (exact) mass is 893 g/mol. The van der Waals surface area contributed by atoms with Crippen LogP contribution in [0.25, 0.3) is 0 Å². The number of alkyl halides is 6. The zero-order valence-electron chi connectivity index (χ0n) is 6.95. The van der Waals surface area contributed by atoms with Crippen LogP contribution in [0.15, 0.2) is 23.1 Å². The Kier molecular flexibility index (Phi) is 7.48. The summed E-state index contributed by atoms with van der Waals surface area (Å²) in [6.07, 6.45) is 0. The molecule has 0 aliphatic carbocycles. The van der Waals surface area contributed by atoms with E-state index in [9.17, 15) is 0 Å². The van der Waals surface area contributed by atoms with E-state index in [2.05, 4.69) is 166 Å². The van der Waals surface area contributed by atoms with Gasteiger partial charge in [0.15, 0.2) is 0 Å². The molecule has 84 valence electrons. The maximum atomic E-state index is 4.47. The summed E-state index contributed by atoms with van der Waals surface area (Å²) in [4.78, 5) is 1.03. The van der Waals surface area contributed by atoms with Crippen molar-refractivity contribution < 1.29 is 0 Å². The third-order valence-corrected chi connectivity index (χ3v) is 5.57. The van der Waals surface area contributed by atoms with E-state index in [1.165, 1.54) is 11.1 Å². The van der Waals surface area contributed by atoms with Gasteiger partial charge < -0.3 is 0 Å². The Morgan fingerprint density at radius 1 is 0.733 bits per heavy atom. The first-order valence-electron chi connectivity index (χ1n) is 3.59. The second-order valence-electron chi connectivity index (χ2n) is 2.76. The summed E-state index contributed by atoms with van der Waals surface area (Å²) < 4.78 is 0.186. The topological polar surface area (TPSA) is 0 Å². The second kappa shape index (κ2) is 6.60. The van der Waals surface area contributed by atoms with Crippen LogP contribution >= 0.6 is 148 Å². The van der Waals surface area contributed by atoms with Gasteiger partial charge in [0.25, 0.3) is 0 Å². The van der Waals surface area contributed by atoms with Crippen LogP contribution < -0.4 is 0 Å². The van der Waals surface area contributed by atoms with Crippen LogP contribution in [0.3, 0.4) is 0 Å². The smallest absolute Gasteiger partial charge is 0.143 e. The minimum absolute atomic E-state index is 0.0932. The molecular formula is C8H4I6S. The van der Waals surface area contributed by atoms with E-state index < -0.39 is 0 Å². The number of benzene rings is 1. The first-order chi connectivity index (χ1) is 6.60. The zero-order chi connectivity index (χ0) is 11.9. The molecule has 0 bridgehead atoms. The highest BCUT2D eigenvalue weighted by Gasteiger charge is 2.26. The number of hydrogen-bond acceptors (Lipinski definition) is 1. The van der Waals surface area contributed by atoms with Gasteiger partial charge in [-0.15, -0.1) is 12.6 Å². The summed E-state index contributed by atoms with van der Waals surface area (Å²) in [5.41, 5.74) is 2.61. The molecule has 0 fully saturated rings. The molecule has 1 aromatic rings. The highest BCUT2D eigenvalue weighted by Crippen LogP contribution is 2.51. The average Bonchev–Trinajstić information content (AvgIpc) is 1.99. The fraction of sp³-hybridized carbons (Fsp3) is 0.250. The van der Waals surface area contributed by atoms with Gasteiger partial charge in [-0.3, -0.25) is 0 Å². The lowest BCUT2D eigenvalue weighted by Crippen LogP contribution is -2.03. The van der Waals surface area contributed by atoms with Crippen LogP contribution in [0.1, 0.15) is 11.1 Å². The van der Waals surface area contributed by atoms with E-state index in [-0.39, 0.29) is -1.13 Å². The fourth-order valence-corrected chi connectivity index (χ4v) is 3.09. The van der Waals surface area contributed by atoms with E-state index in [4.69, 9.17) is 0 Å². The Morgan fingerprint density at radius 2 is 1.07 bits per heavy atom. The first kappa shape index (κ1) is 17.0. The van der Waals surface area contributed by atoms with Gasteiger partial charge in [-0.1, -0.05) is 0 Å². The highest BCUT2D eigenvalue weighted by atomic mass is 127. The van der Waals surface area contributed by atoms with Crippen LogP contribution in [0.4, 0.5) is 0 Å². The minimum atomic E-state index is 0.0932. The molecule has 0 spiro atoms. The fourth-order valence-electron chi connectivity index (χ4n) is 0.939. The molecule has 0 heterocycles. The van der Waals surface area contributed by atoms with Crippen molar-refractivity contribution in [3.05, 3.63) is 29.3 Å². The van der Waals surface area contributed by atoms with Crippen LogP contribution in [-0.4, -0.2) is 0 Å². The predicted molar refractivity (Wildman–Crippen MR) is 121 cm³/mol. The third kappa shape index (κ3) is 5.85. The van der Waals surface area contributed by atoms with Crippen molar-refractivity contribution in [1.82, 2.24) is 0 Å². The standard InChI is InChI=1S/C8H4I6S/c9-7(10,11)4-1-5(8(12,13)14)3-6(15)2-4/h1-3,15H. The molecule has 0 amide bonds. The molecule has 15 heavy (non-hydrogen) atoms. The van der Waals surface area contributed by atoms with E-state index in [0.29, 0.717) is 0 Å². The summed E-state index contributed by atoms with van der Waals surface area (Å²) in [7, 11) is 0. The molecule has 0 aliphatic rings. The SMILES string of the molecule is Sc1cc(C(I)(I)I)cc(C(I)(I)I)c1. The molecule has 0 nitrogen and oxygen atoms in total. The van der Waals surface area contributed by atoms with E-state index in [1.807, 2.05) is 0 Å². The molecule has 0 atom stereocenters. The predicted octanol–water partition coefficient (Wildman–Crippen LogP) is 6.81. The van der Waals surface area contributed by atoms with Gasteiger partial charge in [0.1, 0.15) is -1.13 Å². The maximum absolute atomic E-state index is 4.47. The third-order valence-electron chi connectivity index (χ3n) is 1.57. The van der Waals surface area contributed by atoms with Gasteiger partial charge >= 0.3 is 0 Å². The molecule has 7 heteroatoms. The molecule has 0 unspecified atom stereocenters. The molecule has 0 aromatic heterocycles. The Morgan fingerprint density at radius 3 is 1.33 bits per heavy atom. The van der Waals surface area contributed by atoms with E-state index in [1.54, 1.807) is 0 Å². The minimum Gasteiger partial charge on any atom is -0.143 e. The summed E-state index contributed by atoms with van der Waals surface area (Å²) >= 11 is 19.1. The summed E-state index contributed by atoms with van der Waals surface area (Å²) in [6, 6.07) is 6.53. The largest absolute Gasteiger partial charge is 0.149 e. The number of thiol groups is 1. The Hall–Kier alpha value is 3.95. The van der Waals surface area contributed by atoms with Crippen LogP contribution in [0.2, 0.25) is 0 Å². The van der Waals surface area contributed by atoms with Crippen molar-refractivity contribution in [1.29, 1.82) is 0 Å². The second-order valence-corrected chi connectivity index (χ2v) is 25.4. The van der Waals surface area contributed by atoms with Crippen molar-refractivity contribution in [3.63, 3.8) is 0 Å². The van der Waals surface area contributed by atoms with Crippen molar-refractivity contribution in [2.45, 2.75) is 3.77 Å². The summed E-state index contributed by atoms with van der Waals surface area (Å²) in [6.45, 7) is 0. The zero-order valence-corrected chi connectivity index (χ0v) is 20.8. The number of halogens is 6. The van der Waals surface area contributed by atoms with Crippen LogP contribution in [0.5, 0.6) is 0 Å². The lowest BCUT2D eigenvalue weighted by molar-refractivity contribution is 1.27. The lowest BCUT2D eigenvalue weighted by Gasteiger charge is -2.19. The van der Waals surface area contributed by atoms with Gasteiger partial charge in [0, 0.05) is 4.90 Å². The Balaban J connectivity index is 3.30. The quantitative estimate of drug-likeness (QED) is 0.189. The van der Waals surface area contributed by atoms with Crippen LogP contribution in [0, 0.1) is 0 Å². The van der Waals surface area contributed by atoms with Crippen molar-refractivity contribution in [3.8, 4) is 0 Å². The van der Waals surface area contributed by atoms with Gasteiger partial charge in [0.05, 0.1) is 0 Å². The van der Waals surface area contributed by atoms with E-state index >= 15 is 0 Å². The van der Waals surface area contributed by atoms with Crippen molar-refractivity contribution >= 4 is 148 Å². The molecule has 0 aliphatic heterocycles. The normalized spacial score (nSPS) is 13.0. The average molecular weight is 894 g/mol. The van der Waals surface area contributed by atoms with Gasteiger partial charge in [0.2, 0.25) is 0 Å². The maximum Gasteiger partial charge on any atom is 0.149 e. The Labute approximate surface area is 177 Å². The molecular weight excluding hydrogens is 890 g/mol. The molecule has 0 radical (unpaired) electrons. The van der Waals surface area contributed by atoms with Crippen molar-refractivity contribution in [2.24, 2.45) is 0 Å². The van der Waals surface area contributed by atoms with Crippen molar-refractivity contribution in [2.75, 3.05) is 0 Å². The molecule has 0 N–H and O–H groups in total. The van der Waals surface area contributed by atoms with Gasteiger partial charge in [-0.25, -0.2) is 0 Å². The first-order valence-corrected chi connectivity index (χ1v) is 10.5. The molecule has 1 aromatic carbocycles. The van der Waals surface area contributed by atoms with E-state index in [0.717, 1.165) is 4.90 Å². The van der Waals surface area contributed by atoms with Crippen LogP contribution in [-0.2, 0) is -1.13 Å². The highest BCUT2D eigenvalue weighted by molar-refractivity contribution is 14.3. The number of hydrogen-bond donors (Lipinski definition) is 1. The summed E-state index contributed by atoms with van der Waals surface area (Å²) in [5.74, 6) is 0. The lowest BCUT2D eigenvalue weighted by atomic mass is 10.2. The molecule has 1 rings (SSSR count). The van der Waals surface area contributed by atoms with Gasteiger partial charge in [-0.05, 0) is 165 Å². The summed E-state index contributed by atoms with van der Waals surface area (Å²) in [5, 5.41) is 0. The Bertz CT molecular complexity index is 332. The molecule has 0 saturated heterocycles.